The van der Waals surface area contributed by atoms with Gasteiger partial charge >= 0.3 is 0 Å². The maximum absolute atomic E-state index is 13.1. The molecule has 1 N–H and O–H groups in total. The lowest BCUT2D eigenvalue weighted by molar-refractivity contribution is 0.430. The first-order valence-electron chi connectivity index (χ1n) is 5.66. The van der Waals surface area contributed by atoms with Crippen LogP contribution in [0.2, 0.25) is 0 Å². The van der Waals surface area contributed by atoms with Gasteiger partial charge in [-0.05, 0) is 36.8 Å². The first-order chi connectivity index (χ1) is 8.70. The highest BCUT2D eigenvalue weighted by Crippen LogP contribution is 2.14. The fourth-order valence-electron chi connectivity index (χ4n) is 1.68. The van der Waals surface area contributed by atoms with E-state index in [1.165, 1.54) is 6.07 Å². The molecule has 1 aromatic carbocycles. The summed E-state index contributed by atoms with van der Waals surface area (Å²) >= 11 is 0. The molecule has 18 heavy (non-hydrogen) atoms. The second kappa shape index (κ2) is 5.48. The summed E-state index contributed by atoms with van der Waals surface area (Å²) in [4.78, 5) is 0. The number of halogens is 1. The minimum atomic E-state index is -0.486. The highest BCUT2D eigenvalue weighted by molar-refractivity contribution is 5.34. The molecule has 0 saturated heterocycles. The number of nitrogens with one attached hydrogen (secondary N) is 1. The molecule has 0 aliphatic carbocycles. The van der Waals surface area contributed by atoms with Crippen LogP contribution in [0.15, 0.2) is 41.0 Å². The molecule has 0 radical (unpaired) electrons. The number of hydrogen-bond acceptors (Lipinski definition) is 3. The summed E-state index contributed by atoms with van der Waals surface area (Å²) in [5, 5.41) is 12.0. The van der Waals surface area contributed by atoms with Crippen LogP contribution in [0.25, 0.3) is 0 Å². The largest absolute Gasteiger partial charge is 0.468 e. The lowest BCUT2D eigenvalue weighted by Gasteiger charge is -2.11. The van der Waals surface area contributed by atoms with Crippen molar-refractivity contribution in [1.82, 2.24) is 5.32 Å². The first-order valence-corrected chi connectivity index (χ1v) is 5.66. The molecule has 92 valence electrons. The van der Waals surface area contributed by atoms with E-state index in [4.69, 9.17) is 9.68 Å². The zero-order chi connectivity index (χ0) is 13.0. The van der Waals surface area contributed by atoms with Crippen molar-refractivity contribution in [3.8, 4) is 6.07 Å². The Morgan fingerprint density at radius 2 is 2.28 bits per heavy atom. The Labute approximate surface area is 105 Å². The van der Waals surface area contributed by atoms with Gasteiger partial charge in [0.2, 0.25) is 0 Å². The van der Waals surface area contributed by atoms with Crippen molar-refractivity contribution in [3.63, 3.8) is 0 Å². The topological polar surface area (TPSA) is 49.0 Å². The monoisotopic (exact) mass is 244 g/mol. The van der Waals surface area contributed by atoms with E-state index >= 15 is 0 Å². The third kappa shape index (κ3) is 2.76. The summed E-state index contributed by atoms with van der Waals surface area (Å²) in [7, 11) is 0. The summed E-state index contributed by atoms with van der Waals surface area (Å²) in [6.45, 7) is 2.53. The predicted octanol–water partition coefficient (Wildman–Crippen LogP) is 3.14. The van der Waals surface area contributed by atoms with Crippen molar-refractivity contribution in [2.75, 3.05) is 0 Å². The molecule has 0 unspecified atom stereocenters. The van der Waals surface area contributed by atoms with E-state index in [-0.39, 0.29) is 11.6 Å². The van der Waals surface area contributed by atoms with Crippen LogP contribution in [0.5, 0.6) is 0 Å². The lowest BCUT2D eigenvalue weighted by atomic mass is 10.1. The Balaban J connectivity index is 2.01. The van der Waals surface area contributed by atoms with E-state index in [1.54, 1.807) is 18.4 Å². The highest BCUT2D eigenvalue weighted by Gasteiger charge is 2.08. The number of furan rings is 1. The molecule has 4 heteroatoms. The molecular weight excluding hydrogens is 231 g/mol. The average molecular weight is 244 g/mol. The SMILES string of the molecule is C[C@H](NCc1ccc(F)c(C#N)c1)c1ccco1. The Morgan fingerprint density at radius 1 is 1.44 bits per heavy atom. The maximum atomic E-state index is 13.1. The molecule has 0 saturated carbocycles. The number of nitriles is 1. The summed E-state index contributed by atoms with van der Waals surface area (Å²) < 4.78 is 18.4. The van der Waals surface area contributed by atoms with Crippen molar-refractivity contribution in [2.45, 2.75) is 19.5 Å². The molecule has 0 amide bonds. The molecular formula is C14H13FN2O. The van der Waals surface area contributed by atoms with Gasteiger partial charge in [-0.25, -0.2) is 4.39 Å². The van der Waals surface area contributed by atoms with Crippen LogP contribution in [0, 0.1) is 17.1 Å². The fraction of sp³-hybridized carbons (Fsp3) is 0.214. The van der Waals surface area contributed by atoms with Crippen molar-refractivity contribution in [2.24, 2.45) is 0 Å². The second-order valence-electron chi connectivity index (χ2n) is 4.04. The van der Waals surface area contributed by atoms with E-state index < -0.39 is 5.82 Å². The van der Waals surface area contributed by atoms with Gasteiger partial charge < -0.3 is 9.73 Å². The van der Waals surface area contributed by atoms with Crippen molar-refractivity contribution in [1.29, 1.82) is 5.26 Å². The van der Waals surface area contributed by atoms with Gasteiger partial charge in [0.25, 0.3) is 0 Å². The van der Waals surface area contributed by atoms with Gasteiger partial charge in [0, 0.05) is 6.54 Å². The molecule has 0 aliphatic heterocycles. The van der Waals surface area contributed by atoms with E-state index in [2.05, 4.69) is 5.32 Å². The zero-order valence-corrected chi connectivity index (χ0v) is 9.98. The van der Waals surface area contributed by atoms with Gasteiger partial charge in [-0.2, -0.15) is 5.26 Å². The Morgan fingerprint density at radius 3 is 2.94 bits per heavy atom. The molecule has 2 aromatic rings. The van der Waals surface area contributed by atoms with Crippen LogP contribution in [0.4, 0.5) is 4.39 Å². The minimum Gasteiger partial charge on any atom is -0.468 e. The van der Waals surface area contributed by atoms with Crippen LogP contribution in [0.1, 0.15) is 29.9 Å². The highest BCUT2D eigenvalue weighted by atomic mass is 19.1. The van der Waals surface area contributed by atoms with Gasteiger partial charge in [0.05, 0.1) is 17.9 Å². The molecule has 0 aliphatic rings. The number of benzene rings is 1. The Kier molecular flexibility index (Phi) is 3.75. The number of hydrogen-bond donors (Lipinski definition) is 1. The fourth-order valence-corrected chi connectivity index (χ4v) is 1.68. The molecule has 1 atom stereocenters. The average Bonchev–Trinajstić information content (AvgIpc) is 2.91. The van der Waals surface area contributed by atoms with Crippen molar-refractivity contribution < 1.29 is 8.81 Å². The lowest BCUT2D eigenvalue weighted by Crippen LogP contribution is -2.17. The van der Waals surface area contributed by atoms with Gasteiger partial charge in [0.15, 0.2) is 0 Å². The summed E-state index contributed by atoms with van der Waals surface area (Å²) in [5.74, 6) is 0.359. The predicted molar refractivity (Wildman–Crippen MR) is 65.1 cm³/mol. The van der Waals surface area contributed by atoms with Crippen LogP contribution < -0.4 is 5.32 Å². The standard InChI is InChI=1S/C14H13FN2O/c1-10(14-3-2-6-18-14)17-9-11-4-5-13(15)12(7-11)8-16/h2-7,10,17H,9H2,1H3/t10-/m0/s1. The molecule has 0 bridgehead atoms. The van der Waals surface area contributed by atoms with E-state index in [1.807, 2.05) is 25.1 Å². The Bertz CT molecular complexity index is 558. The second-order valence-corrected chi connectivity index (χ2v) is 4.04. The number of nitrogens with zero attached hydrogens (tertiary/aromatic N) is 1. The first kappa shape index (κ1) is 12.3. The van der Waals surface area contributed by atoms with Crippen LogP contribution in [-0.4, -0.2) is 0 Å². The third-order valence-corrected chi connectivity index (χ3v) is 2.73. The van der Waals surface area contributed by atoms with E-state index in [9.17, 15) is 4.39 Å². The van der Waals surface area contributed by atoms with Gasteiger partial charge in [-0.15, -0.1) is 0 Å². The van der Waals surface area contributed by atoms with Crippen molar-refractivity contribution >= 4 is 0 Å². The maximum Gasteiger partial charge on any atom is 0.140 e. The van der Waals surface area contributed by atoms with Gasteiger partial charge in [-0.3, -0.25) is 0 Å². The number of rotatable bonds is 4. The molecule has 0 fully saturated rings. The van der Waals surface area contributed by atoms with E-state index in [0.717, 1.165) is 11.3 Å². The van der Waals surface area contributed by atoms with Crippen LogP contribution in [0.3, 0.4) is 0 Å². The summed E-state index contributed by atoms with van der Waals surface area (Å²) in [6.07, 6.45) is 1.62. The van der Waals surface area contributed by atoms with Gasteiger partial charge in [0.1, 0.15) is 17.6 Å². The normalized spacial score (nSPS) is 12.1. The van der Waals surface area contributed by atoms with E-state index in [0.29, 0.717) is 6.54 Å². The molecule has 1 aromatic heterocycles. The third-order valence-electron chi connectivity index (χ3n) is 2.73. The summed E-state index contributed by atoms with van der Waals surface area (Å²) in [5.41, 5.74) is 0.936. The quantitative estimate of drug-likeness (QED) is 0.898. The Hall–Kier alpha value is -2.12. The molecule has 0 spiro atoms. The summed E-state index contributed by atoms with van der Waals surface area (Å²) in [6, 6.07) is 10.1. The zero-order valence-electron chi connectivity index (χ0n) is 9.98. The van der Waals surface area contributed by atoms with Crippen LogP contribution >= 0.6 is 0 Å². The smallest absolute Gasteiger partial charge is 0.140 e. The molecule has 3 nitrogen and oxygen atoms in total. The van der Waals surface area contributed by atoms with Crippen LogP contribution in [-0.2, 0) is 6.54 Å². The minimum absolute atomic E-state index is 0.0654. The molecule has 1 heterocycles. The van der Waals surface area contributed by atoms with Gasteiger partial charge in [-0.1, -0.05) is 6.07 Å². The molecule has 2 rings (SSSR count). The van der Waals surface area contributed by atoms with Crippen molar-refractivity contribution in [3.05, 3.63) is 59.3 Å².